The zero-order chi connectivity index (χ0) is 20.6. The monoisotopic (exact) mass is 400 g/mol. The minimum absolute atomic E-state index is 0.191. The van der Waals surface area contributed by atoms with Crippen LogP contribution in [0.2, 0.25) is 0 Å². The molecular weight excluding hydrogens is 364 g/mol. The van der Waals surface area contributed by atoms with E-state index in [1.165, 1.54) is 64.0 Å². The first-order valence-corrected chi connectivity index (χ1v) is 11.3. The van der Waals surface area contributed by atoms with Gasteiger partial charge in [0.25, 0.3) is 0 Å². The summed E-state index contributed by atoms with van der Waals surface area (Å²) in [6.45, 7) is 10.4. The van der Waals surface area contributed by atoms with Crippen LogP contribution >= 0.6 is 0 Å². The maximum atomic E-state index is 12.0. The van der Waals surface area contributed by atoms with Gasteiger partial charge in [-0.05, 0) is 81.4 Å². The van der Waals surface area contributed by atoms with Gasteiger partial charge in [0.05, 0.1) is 0 Å². The fraction of sp³-hybridized carbons (Fsp3) is 0.652. The zero-order valence-electron chi connectivity index (χ0n) is 18.0. The molecule has 0 bridgehead atoms. The summed E-state index contributed by atoms with van der Waals surface area (Å²) in [4.78, 5) is 27.6. The molecule has 160 valence electrons. The van der Waals surface area contributed by atoms with Crippen molar-refractivity contribution >= 4 is 17.6 Å². The molecule has 3 aliphatic heterocycles. The molecule has 0 unspecified atom stereocenters. The topological polar surface area (TPSA) is 64.7 Å². The predicted octanol–water partition coefficient (Wildman–Crippen LogP) is 3.34. The number of nitrogens with one attached hydrogen (secondary N) is 2. The quantitative estimate of drug-likeness (QED) is 0.814. The second-order valence-electron chi connectivity index (χ2n) is 8.11. The number of likely N-dealkylation sites (tertiary alicyclic amines) is 1. The summed E-state index contributed by atoms with van der Waals surface area (Å²) < 4.78 is 0. The highest BCUT2D eigenvalue weighted by molar-refractivity contribution is 6.05. The Labute approximate surface area is 175 Å². The lowest BCUT2D eigenvalue weighted by molar-refractivity contribution is -0.120. The maximum Gasteiger partial charge on any atom is 0.328 e. The van der Waals surface area contributed by atoms with Gasteiger partial charge in [-0.3, -0.25) is 15.0 Å². The number of carbonyl (C=O) groups is 2. The molecule has 3 heterocycles. The van der Waals surface area contributed by atoms with Crippen LogP contribution in [0.4, 0.5) is 10.5 Å². The Balaban J connectivity index is 0.00000117. The first-order valence-electron chi connectivity index (χ1n) is 11.3. The van der Waals surface area contributed by atoms with Crippen molar-refractivity contribution in [3.05, 3.63) is 29.8 Å². The van der Waals surface area contributed by atoms with Crippen LogP contribution in [0.1, 0.15) is 57.4 Å². The van der Waals surface area contributed by atoms with Gasteiger partial charge in [0, 0.05) is 25.2 Å². The smallest absolute Gasteiger partial charge is 0.317 e. The average Bonchev–Trinajstić information content (AvgIpc) is 2.77. The molecule has 3 amide bonds. The average molecular weight is 401 g/mol. The van der Waals surface area contributed by atoms with E-state index >= 15 is 0 Å². The van der Waals surface area contributed by atoms with Gasteiger partial charge < -0.3 is 10.2 Å². The number of rotatable bonds is 4. The van der Waals surface area contributed by atoms with E-state index in [1.807, 2.05) is 26.0 Å². The van der Waals surface area contributed by atoms with Crippen molar-refractivity contribution in [2.75, 3.05) is 44.2 Å². The fourth-order valence-corrected chi connectivity index (χ4v) is 4.62. The SMILES string of the molecule is CC.O=C1CCN(c2ccc(C3CCN(CC4CCNCC4)CC3)cc2)C(=O)N1. The Hall–Kier alpha value is -1.92. The molecule has 0 atom stereocenters. The van der Waals surface area contributed by atoms with Crippen LogP contribution in [-0.2, 0) is 4.79 Å². The molecule has 3 aliphatic rings. The second kappa shape index (κ2) is 10.7. The Kier molecular flexibility index (Phi) is 8.07. The first-order chi connectivity index (χ1) is 14.2. The number of piperidine rings is 2. The number of hydrogen-bond donors (Lipinski definition) is 2. The van der Waals surface area contributed by atoms with Crippen molar-refractivity contribution in [2.24, 2.45) is 5.92 Å². The van der Waals surface area contributed by atoms with E-state index < -0.39 is 0 Å². The van der Waals surface area contributed by atoms with E-state index in [0.29, 0.717) is 18.9 Å². The molecule has 0 aliphatic carbocycles. The highest BCUT2D eigenvalue weighted by atomic mass is 16.2. The molecule has 1 aromatic carbocycles. The molecule has 6 nitrogen and oxygen atoms in total. The minimum atomic E-state index is -0.315. The minimum Gasteiger partial charge on any atom is -0.317 e. The third-order valence-corrected chi connectivity index (χ3v) is 6.29. The van der Waals surface area contributed by atoms with Gasteiger partial charge in [-0.1, -0.05) is 26.0 Å². The van der Waals surface area contributed by atoms with Crippen LogP contribution in [0.15, 0.2) is 24.3 Å². The maximum absolute atomic E-state index is 12.0. The van der Waals surface area contributed by atoms with Gasteiger partial charge >= 0.3 is 6.03 Å². The van der Waals surface area contributed by atoms with Gasteiger partial charge in [-0.2, -0.15) is 0 Å². The molecular formula is C23H36N4O2. The summed E-state index contributed by atoms with van der Waals surface area (Å²) >= 11 is 0. The Bertz CT molecular complexity index is 662. The number of nitrogens with zero attached hydrogens (tertiary/aromatic N) is 2. The van der Waals surface area contributed by atoms with Gasteiger partial charge in [0.1, 0.15) is 0 Å². The fourth-order valence-electron chi connectivity index (χ4n) is 4.62. The summed E-state index contributed by atoms with van der Waals surface area (Å²) in [6, 6.07) is 8.04. The standard InChI is InChI=1S/C21H30N4O2.C2H6/c26-20-9-14-25(21(27)23-20)19-3-1-17(2-4-19)18-7-12-24(13-8-18)15-16-5-10-22-11-6-16;1-2/h1-4,16,18,22H,5-15H2,(H,23,26,27);1-2H3. The molecule has 0 spiro atoms. The van der Waals surface area contributed by atoms with E-state index in [-0.39, 0.29) is 11.9 Å². The van der Waals surface area contributed by atoms with Crippen LogP contribution in [0, 0.1) is 5.92 Å². The molecule has 3 saturated heterocycles. The van der Waals surface area contributed by atoms with Gasteiger partial charge in [0.2, 0.25) is 5.91 Å². The number of urea groups is 1. The molecule has 0 aromatic heterocycles. The molecule has 2 N–H and O–H groups in total. The lowest BCUT2D eigenvalue weighted by Gasteiger charge is -2.35. The highest BCUT2D eigenvalue weighted by Crippen LogP contribution is 2.30. The molecule has 6 heteroatoms. The first kappa shape index (κ1) is 21.8. The van der Waals surface area contributed by atoms with Crippen molar-refractivity contribution in [1.82, 2.24) is 15.5 Å². The van der Waals surface area contributed by atoms with Crippen molar-refractivity contribution in [2.45, 2.75) is 51.9 Å². The molecule has 3 fully saturated rings. The van der Waals surface area contributed by atoms with Crippen molar-refractivity contribution < 1.29 is 9.59 Å². The molecule has 29 heavy (non-hydrogen) atoms. The number of carbonyl (C=O) groups excluding carboxylic acids is 2. The predicted molar refractivity (Wildman–Crippen MR) is 117 cm³/mol. The van der Waals surface area contributed by atoms with Gasteiger partial charge in [0.15, 0.2) is 0 Å². The summed E-state index contributed by atoms with van der Waals surface area (Å²) in [6.07, 6.45) is 5.42. The number of benzene rings is 1. The van der Waals surface area contributed by atoms with Crippen LogP contribution in [-0.4, -0.2) is 56.1 Å². The summed E-state index contributed by atoms with van der Waals surface area (Å²) in [7, 11) is 0. The van der Waals surface area contributed by atoms with Crippen molar-refractivity contribution in [3.63, 3.8) is 0 Å². The summed E-state index contributed by atoms with van der Waals surface area (Å²) in [5, 5.41) is 5.83. The van der Waals surface area contributed by atoms with Crippen molar-refractivity contribution in [1.29, 1.82) is 0 Å². The zero-order valence-corrected chi connectivity index (χ0v) is 18.0. The van der Waals surface area contributed by atoms with Crippen molar-refractivity contribution in [3.8, 4) is 0 Å². The number of anilines is 1. The third kappa shape index (κ3) is 5.80. The molecule has 4 rings (SSSR count). The molecule has 0 saturated carbocycles. The van der Waals surface area contributed by atoms with E-state index in [2.05, 4.69) is 27.7 Å². The number of hydrogen-bond acceptors (Lipinski definition) is 4. The lowest BCUT2D eigenvalue weighted by atomic mass is 9.88. The summed E-state index contributed by atoms with van der Waals surface area (Å²) in [5.41, 5.74) is 2.24. The molecule has 1 aromatic rings. The van der Waals surface area contributed by atoms with E-state index in [0.717, 1.165) is 11.6 Å². The van der Waals surface area contributed by atoms with Gasteiger partial charge in [-0.25, -0.2) is 4.79 Å². The largest absolute Gasteiger partial charge is 0.328 e. The third-order valence-electron chi connectivity index (χ3n) is 6.29. The van der Waals surface area contributed by atoms with Gasteiger partial charge in [-0.15, -0.1) is 0 Å². The number of imide groups is 1. The Morgan fingerprint density at radius 2 is 1.59 bits per heavy atom. The van der Waals surface area contributed by atoms with E-state index in [9.17, 15) is 9.59 Å². The van der Waals surface area contributed by atoms with E-state index in [1.54, 1.807) is 4.90 Å². The second-order valence-corrected chi connectivity index (χ2v) is 8.11. The van der Waals surface area contributed by atoms with Crippen LogP contribution in [0.3, 0.4) is 0 Å². The van der Waals surface area contributed by atoms with Crippen LogP contribution in [0.25, 0.3) is 0 Å². The number of amides is 3. The van der Waals surface area contributed by atoms with E-state index in [4.69, 9.17) is 0 Å². The van der Waals surface area contributed by atoms with Crippen LogP contribution < -0.4 is 15.5 Å². The lowest BCUT2D eigenvalue weighted by Crippen LogP contribution is -2.49. The Morgan fingerprint density at radius 1 is 0.931 bits per heavy atom. The Morgan fingerprint density at radius 3 is 2.21 bits per heavy atom. The molecule has 0 radical (unpaired) electrons. The van der Waals surface area contributed by atoms with Crippen LogP contribution in [0.5, 0.6) is 0 Å². The normalized spacial score (nSPS) is 22.1. The summed E-state index contributed by atoms with van der Waals surface area (Å²) in [5.74, 6) is 1.29. The highest BCUT2D eigenvalue weighted by Gasteiger charge is 2.26.